The number of hydrogen-bond acceptors (Lipinski definition) is 3. The Hall–Kier alpha value is -0.860. The van der Waals surface area contributed by atoms with Gasteiger partial charge in [-0.2, -0.15) is 0 Å². The van der Waals surface area contributed by atoms with Gasteiger partial charge in [0.05, 0.1) is 0 Å². The van der Waals surface area contributed by atoms with E-state index in [1.54, 1.807) is 0 Å². The third-order valence-electron chi connectivity index (χ3n) is 2.17. The van der Waals surface area contributed by atoms with Crippen LogP contribution in [-0.4, -0.2) is 11.9 Å². The van der Waals surface area contributed by atoms with E-state index in [-0.39, 0.29) is 11.9 Å². The summed E-state index contributed by atoms with van der Waals surface area (Å²) in [6.07, 6.45) is 1.11. The fraction of sp³-hybridized carbons (Fsp3) is 0.714. The highest BCUT2D eigenvalue weighted by Crippen LogP contribution is 2.37. The van der Waals surface area contributed by atoms with Crippen LogP contribution in [0.3, 0.4) is 0 Å². The Bertz CT molecular complexity index is 163. The first kappa shape index (κ1) is 7.25. The van der Waals surface area contributed by atoms with Gasteiger partial charge >= 0.3 is 11.9 Å². The van der Waals surface area contributed by atoms with Crippen LogP contribution in [-0.2, 0) is 14.3 Å². The molecule has 1 heterocycles. The summed E-state index contributed by atoms with van der Waals surface area (Å²) in [6.45, 7) is 3.64. The molecule has 0 amide bonds. The van der Waals surface area contributed by atoms with Crippen LogP contribution >= 0.6 is 0 Å². The van der Waals surface area contributed by atoms with Gasteiger partial charge in [0, 0.05) is 0 Å². The summed E-state index contributed by atoms with van der Waals surface area (Å²) in [6, 6.07) is 0. The Morgan fingerprint density at radius 1 is 1.20 bits per heavy atom. The molecule has 1 aliphatic heterocycles. The third kappa shape index (κ3) is 0.602. The average molecular weight is 142 g/mol. The third-order valence-corrected chi connectivity index (χ3v) is 2.17. The number of ether oxygens (including phenoxy) is 1. The second-order valence-corrected chi connectivity index (χ2v) is 2.47. The molecule has 0 unspecified atom stereocenters. The molecule has 1 fully saturated rings. The first-order valence-electron chi connectivity index (χ1n) is 3.44. The standard InChI is InChI=1S/C7H10O3/c1-3-7(4-2)5(8)10-6(7)9/h3-4H2,1-2H3. The minimum atomic E-state index is -0.778. The Balaban J connectivity index is 2.81. The van der Waals surface area contributed by atoms with Crippen molar-refractivity contribution >= 4 is 11.9 Å². The first-order chi connectivity index (χ1) is 4.67. The van der Waals surface area contributed by atoms with Crippen molar-refractivity contribution < 1.29 is 14.3 Å². The van der Waals surface area contributed by atoms with Crippen LogP contribution in [0.25, 0.3) is 0 Å². The lowest BCUT2D eigenvalue weighted by atomic mass is 9.79. The van der Waals surface area contributed by atoms with Gasteiger partial charge in [-0.25, -0.2) is 0 Å². The second-order valence-electron chi connectivity index (χ2n) is 2.47. The van der Waals surface area contributed by atoms with Crippen molar-refractivity contribution in [1.82, 2.24) is 0 Å². The molecule has 3 heteroatoms. The van der Waals surface area contributed by atoms with Crippen molar-refractivity contribution in [3.05, 3.63) is 0 Å². The van der Waals surface area contributed by atoms with Crippen LogP contribution in [0.4, 0.5) is 0 Å². The number of esters is 2. The molecule has 1 saturated heterocycles. The predicted molar refractivity (Wildman–Crippen MR) is 34.1 cm³/mol. The Kier molecular flexibility index (Phi) is 1.50. The molecule has 0 aromatic rings. The van der Waals surface area contributed by atoms with E-state index in [0.717, 1.165) is 0 Å². The van der Waals surface area contributed by atoms with Gasteiger partial charge in [-0.1, -0.05) is 13.8 Å². The van der Waals surface area contributed by atoms with Crippen molar-refractivity contribution in [3.63, 3.8) is 0 Å². The van der Waals surface area contributed by atoms with Gasteiger partial charge in [0.25, 0.3) is 0 Å². The van der Waals surface area contributed by atoms with Crippen molar-refractivity contribution in [3.8, 4) is 0 Å². The van der Waals surface area contributed by atoms with Gasteiger partial charge in [0.2, 0.25) is 0 Å². The molecule has 1 aliphatic rings. The molecule has 3 nitrogen and oxygen atoms in total. The van der Waals surface area contributed by atoms with E-state index < -0.39 is 5.41 Å². The van der Waals surface area contributed by atoms with E-state index in [9.17, 15) is 9.59 Å². The van der Waals surface area contributed by atoms with E-state index in [1.807, 2.05) is 13.8 Å². The fourth-order valence-electron chi connectivity index (χ4n) is 1.14. The maximum atomic E-state index is 10.8. The number of hydrogen-bond donors (Lipinski definition) is 0. The highest BCUT2D eigenvalue weighted by atomic mass is 16.6. The Labute approximate surface area is 59.4 Å². The minimum absolute atomic E-state index is 0.359. The smallest absolute Gasteiger partial charge is 0.331 e. The summed E-state index contributed by atoms with van der Waals surface area (Å²) in [5.74, 6) is -0.718. The topological polar surface area (TPSA) is 43.4 Å². The highest BCUT2D eigenvalue weighted by molar-refractivity contribution is 6.13. The van der Waals surface area contributed by atoms with Crippen molar-refractivity contribution in [2.24, 2.45) is 5.41 Å². The number of rotatable bonds is 2. The fourth-order valence-corrected chi connectivity index (χ4v) is 1.14. The van der Waals surface area contributed by atoms with Crippen LogP contribution in [0.2, 0.25) is 0 Å². The molecule has 0 radical (unpaired) electrons. The van der Waals surface area contributed by atoms with Crippen LogP contribution in [0.1, 0.15) is 26.7 Å². The quantitative estimate of drug-likeness (QED) is 0.424. The monoisotopic (exact) mass is 142 g/mol. The van der Waals surface area contributed by atoms with E-state index in [2.05, 4.69) is 4.74 Å². The summed E-state index contributed by atoms with van der Waals surface area (Å²) >= 11 is 0. The van der Waals surface area contributed by atoms with Crippen LogP contribution in [0, 0.1) is 5.41 Å². The summed E-state index contributed by atoms with van der Waals surface area (Å²) in [7, 11) is 0. The molecular formula is C7H10O3. The molecule has 0 aromatic carbocycles. The zero-order valence-electron chi connectivity index (χ0n) is 6.14. The molecule has 0 spiro atoms. The molecule has 10 heavy (non-hydrogen) atoms. The molecular weight excluding hydrogens is 132 g/mol. The van der Waals surface area contributed by atoms with Gasteiger partial charge in [-0.05, 0) is 12.8 Å². The molecule has 0 N–H and O–H groups in total. The van der Waals surface area contributed by atoms with E-state index >= 15 is 0 Å². The van der Waals surface area contributed by atoms with Gasteiger partial charge in [-0.3, -0.25) is 9.59 Å². The molecule has 0 bridgehead atoms. The predicted octanol–water partition coefficient (Wildman–Crippen LogP) is 0.876. The van der Waals surface area contributed by atoms with Gasteiger partial charge in [0.15, 0.2) is 5.41 Å². The molecule has 0 aromatic heterocycles. The molecule has 56 valence electrons. The van der Waals surface area contributed by atoms with Crippen LogP contribution < -0.4 is 0 Å². The minimum Gasteiger partial charge on any atom is -0.391 e. The maximum absolute atomic E-state index is 10.8. The number of carbonyl (C=O) groups is 2. The normalized spacial score (nSPS) is 21.8. The first-order valence-corrected chi connectivity index (χ1v) is 3.44. The summed E-state index contributed by atoms with van der Waals surface area (Å²) in [5, 5.41) is 0. The van der Waals surface area contributed by atoms with Gasteiger partial charge in [-0.15, -0.1) is 0 Å². The van der Waals surface area contributed by atoms with E-state index in [4.69, 9.17) is 0 Å². The lowest BCUT2D eigenvalue weighted by Crippen LogP contribution is -2.52. The maximum Gasteiger partial charge on any atom is 0.331 e. The van der Waals surface area contributed by atoms with Gasteiger partial charge in [0.1, 0.15) is 0 Å². The molecule has 0 saturated carbocycles. The largest absolute Gasteiger partial charge is 0.391 e. The van der Waals surface area contributed by atoms with Crippen molar-refractivity contribution in [2.75, 3.05) is 0 Å². The zero-order chi connectivity index (χ0) is 7.78. The lowest BCUT2D eigenvalue weighted by Gasteiger charge is -2.33. The number of cyclic esters (lactones) is 2. The Morgan fingerprint density at radius 3 is 1.70 bits per heavy atom. The average Bonchev–Trinajstić information content (AvgIpc) is 1.91. The van der Waals surface area contributed by atoms with Crippen molar-refractivity contribution in [1.29, 1.82) is 0 Å². The van der Waals surface area contributed by atoms with Crippen LogP contribution in [0.5, 0.6) is 0 Å². The SMILES string of the molecule is CCC1(CC)C(=O)OC1=O. The molecule has 1 rings (SSSR count). The molecule has 0 aliphatic carbocycles. The summed E-state index contributed by atoms with van der Waals surface area (Å²) in [4.78, 5) is 21.6. The van der Waals surface area contributed by atoms with E-state index in [1.165, 1.54) is 0 Å². The van der Waals surface area contributed by atoms with E-state index in [0.29, 0.717) is 12.8 Å². The van der Waals surface area contributed by atoms with Gasteiger partial charge < -0.3 is 4.74 Å². The van der Waals surface area contributed by atoms with Crippen LogP contribution in [0.15, 0.2) is 0 Å². The second kappa shape index (κ2) is 2.08. The Morgan fingerprint density at radius 2 is 1.60 bits per heavy atom. The number of carbonyl (C=O) groups excluding carboxylic acids is 2. The summed E-state index contributed by atoms with van der Waals surface area (Å²) < 4.78 is 4.26. The summed E-state index contributed by atoms with van der Waals surface area (Å²) in [5.41, 5.74) is -0.778. The zero-order valence-corrected chi connectivity index (χ0v) is 6.14. The lowest BCUT2D eigenvalue weighted by molar-refractivity contribution is -0.197. The highest BCUT2D eigenvalue weighted by Gasteiger charge is 2.55. The molecule has 0 atom stereocenters. The van der Waals surface area contributed by atoms with Crippen molar-refractivity contribution in [2.45, 2.75) is 26.7 Å².